The molecular formula is C72H121N2O6P. The fraction of sp³-hybridized carbons (Fsp3) is 0.625. The molecule has 0 aromatic rings. The number of carbonyl (C=O) groups excluding carboxylic acids is 1. The molecule has 8 nitrogen and oxygen atoms in total. The molecule has 0 aliphatic carbocycles. The van der Waals surface area contributed by atoms with Gasteiger partial charge in [0.2, 0.25) is 5.91 Å². The van der Waals surface area contributed by atoms with Gasteiger partial charge in [0.25, 0.3) is 7.82 Å². The molecule has 0 rings (SSSR count). The number of quaternary nitrogens is 1. The van der Waals surface area contributed by atoms with Crippen LogP contribution in [0.15, 0.2) is 158 Å². The fourth-order valence-electron chi connectivity index (χ4n) is 8.47. The summed E-state index contributed by atoms with van der Waals surface area (Å²) in [5.41, 5.74) is 0. The van der Waals surface area contributed by atoms with Crippen LogP contribution < -0.4 is 10.2 Å². The van der Waals surface area contributed by atoms with Gasteiger partial charge in [-0.2, -0.15) is 0 Å². The highest BCUT2D eigenvalue weighted by atomic mass is 31.2. The van der Waals surface area contributed by atoms with E-state index in [9.17, 15) is 19.4 Å². The molecular weight excluding hydrogens is 1020 g/mol. The van der Waals surface area contributed by atoms with Gasteiger partial charge in [0.1, 0.15) is 13.2 Å². The van der Waals surface area contributed by atoms with Crippen LogP contribution in [0.2, 0.25) is 0 Å². The Morgan fingerprint density at radius 1 is 0.444 bits per heavy atom. The lowest BCUT2D eigenvalue weighted by molar-refractivity contribution is -0.870. The molecule has 1 amide bonds. The lowest BCUT2D eigenvalue weighted by Crippen LogP contribution is -2.45. The first-order chi connectivity index (χ1) is 39.5. The largest absolute Gasteiger partial charge is 0.756 e. The second kappa shape index (κ2) is 60.7. The molecule has 0 bridgehead atoms. The van der Waals surface area contributed by atoms with Crippen LogP contribution in [0.4, 0.5) is 0 Å². The van der Waals surface area contributed by atoms with Gasteiger partial charge in [0.15, 0.2) is 0 Å². The van der Waals surface area contributed by atoms with E-state index in [2.05, 4.69) is 165 Å². The monoisotopic (exact) mass is 1140 g/mol. The number of hydrogen-bond donors (Lipinski definition) is 2. The highest BCUT2D eigenvalue weighted by molar-refractivity contribution is 7.45. The topological polar surface area (TPSA) is 108 Å². The van der Waals surface area contributed by atoms with Crippen molar-refractivity contribution in [1.29, 1.82) is 0 Å². The zero-order valence-corrected chi connectivity index (χ0v) is 53.3. The molecule has 460 valence electrons. The summed E-state index contributed by atoms with van der Waals surface area (Å²) < 4.78 is 23.4. The van der Waals surface area contributed by atoms with E-state index in [1.807, 2.05) is 27.2 Å². The average Bonchev–Trinajstić information content (AvgIpc) is 3.43. The van der Waals surface area contributed by atoms with E-state index in [1.54, 1.807) is 6.08 Å². The van der Waals surface area contributed by atoms with Gasteiger partial charge in [0.05, 0.1) is 39.9 Å². The van der Waals surface area contributed by atoms with Crippen molar-refractivity contribution in [1.82, 2.24) is 5.32 Å². The number of unbranched alkanes of at least 4 members (excludes halogenated alkanes) is 20. The summed E-state index contributed by atoms with van der Waals surface area (Å²) in [6.07, 6.45) is 94.9. The van der Waals surface area contributed by atoms with Crippen molar-refractivity contribution >= 4 is 13.7 Å². The number of likely N-dealkylation sites (N-methyl/N-ethyl adjacent to an activating group) is 1. The van der Waals surface area contributed by atoms with Crippen LogP contribution in [0.3, 0.4) is 0 Å². The van der Waals surface area contributed by atoms with Crippen LogP contribution in [-0.4, -0.2) is 68.5 Å². The Labute approximate surface area is 499 Å². The predicted molar refractivity (Wildman–Crippen MR) is 352 cm³/mol. The molecule has 0 aromatic heterocycles. The number of carbonyl (C=O) groups is 1. The number of amides is 1. The minimum absolute atomic E-state index is 0.0218. The van der Waals surface area contributed by atoms with Crippen molar-refractivity contribution in [2.75, 3.05) is 40.9 Å². The van der Waals surface area contributed by atoms with E-state index in [-0.39, 0.29) is 18.9 Å². The minimum Gasteiger partial charge on any atom is -0.756 e. The molecule has 81 heavy (non-hydrogen) atoms. The van der Waals surface area contributed by atoms with E-state index in [0.717, 1.165) is 109 Å². The summed E-state index contributed by atoms with van der Waals surface area (Å²) in [4.78, 5) is 25.6. The van der Waals surface area contributed by atoms with Crippen LogP contribution in [0.25, 0.3) is 0 Å². The van der Waals surface area contributed by atoms with Crippen LogP contribution in [0, 0.1) is 0 Å². The minimum atomic E-state index is -4.63. The van der Waals surface area contributed by atoms with E-state index >= 15 is 0 Å². The summed E-state index contributed by atoms with van der Waals surface area (Å²) in [5.74, 6) is -0.244. The van der Waals surface area contributed by atoms with Crippen molar-refractivity contribution in [2.24, 2.45) is 0 Å². The zero-order valence-electron chi connectivity index (χ0n) is 52.4. The highest BCUT2D eigenvalue weighted by Gasteiger charge is 2.23. The molecule has 3 unspecified atom stereocenters. The molecule has 0 fully saturated rings. The van der Waals surface area contributed by atoms with Gasteiger partial charge in [-0.05, 0) is 116 Å². The number of rotatable bonds is 57. The molecule has 0 aliphatic heterocycles. The average molecular weight is 1140 g/mol. The van der Waals surface area contributed by atoms with Gasteiger partial charge in [-0.1, -0.05) is 275 Å². The Bertz CT molecular complexity index is 1870. The second-order valence-corrected chi connectivity index (χ2v) is 23.8. The highest BCUT2D eigenvalue weighted by Crippen LogP contribution is 2.38. The molecule has 0 aliphatic rings. The second-order valence-electron chi connectivity index (χ2n) is 22.4. The summed E-state index contributed by atoms with van der Waals surface area (Å²) in [7, 11) is 1.20. The van der Waals surface area contributed by atoms with Crippen molar-refractivity contribution in [3.8, 4) is 0 Å². The van der Waals surface area contributed by atoms with Crippen molar-refractivity contribution < 1.29 is 32.9 Å². The quantitative estimate of drug-likeness (QED) is 0.0272. The predicted octanol–water partition coefficient (Wildman–Crippen LogP) is 20.0. The number of allylic oxidation sites excluding steroid dienone is 25. The molecule has 0 saturated heterocycles. The number of aliphatic hydroxyl groups is 1. The zero-order chi connectivity index (χ0) is 59.1. The van der Waals surface area contributed by atoms with Crippen LogP contribution in [0.5, 0.6) is 0 Å². The maximum Gasteiger partial charge on any atom is 0.268 e. The Hall–Kier alpha value is -3.88. The molecule has 0 aromatic carbocycles. The van der Waals surface area contributed by atoms with Crippen LogP contribution >= 0.6 is 7.82 Å². The van der Waals surface area contributed by atoms with Gasteiger partial charge in [0, 0.05) is 6.42 Å². The first kappa shape index (κ1) is 77.1. The Kier molecular flexibility index (Phi) is 57.8. The number of hydrogen-bond acceptors (Lipinski definition) is 6. The lowest BCUT2D eigenvalue weighted by atomic mass is 10.0. The third-order valence-electron chi connectivity index (χ3n) is 13.5. The molecule has 9 heteroatoms. The summed E-state index contributed by atoms with van der Waals surface area (Å²) >= 11 is 0. The Morgan fingerprint density at radius 3 is 1.15 bits per heavy atom. The molecule has 3 atom stereocenters. The van der Waals surface area contributed by atoms with Crippen molar-refractivity contribution in [3.63, 3.8) is 0 Å². The lowest BCUT2D eigenvalue weighted by Gasteiger charge is -2.29. The number of phosphoric acid groups is 1. The number of phosphoric ester groups is 1. The van der Waals surface area contributed by atoms with Crippen LogP contribution in [0.1, 0.15) is 239 Å². The first-order valence-electron chi connectivity index (χ1n) is 32.3. The van der Waals surface area contributed by atoms with Crippen molar-refractivity contribution in [2.45, 2.75) is 251 Å². The van der Waals surface area contributed by atoms with Crippen LogP contribution in [-0.2, 0) is 18.4 Å². The molecule has 0 spiro atoms. The van der Waals surface area contributed by atoms with Gasteiger partial charge in [-0.3, -0.25) is 9.36 Å². The fourth-order valence-corrected chi connectivity index (χ4v) is 9.19. The van der Waals surface area contributed by atoms with E-state index < -0.39 is 26.6 Å². The van der Waals surface area contributed by atoms with E-state index in [4.69, 9.17) is 9.05 Å². The van der Waals surface area contributed by atoms with Gasteiger partial charge < -0.3 is 28.8 Å². The first-order valence-corrected chi connectivity index (χ1v) is 33.8. The Morgan fingerprint density at radius 2 is 0.765 bits per heavy atom. The smallest absolute Gasteiger partial charge is 0.268 e. The Balaban J connectivity index is 4.31. The number of nitrogens with one attached hydrogen (secondary N) is 1. The van der Waals surface area contributed by atoms with E-state index in [1.165, 1.54) is 103 Å². The van der Waals surface area contributed by atoms with E-state index in [0.29, 0.717) is 17.4 Å². The third kappa shape index (κ3) is 63.5. The summed E-state index contributed by atoms with van der Waals surface area (Å²) in [6.45, 7) is 4.48. The maximum atomic E-state index is 13.0. The standard InChI is InChI=1S/C72H121N2O6P/c1-6-8-10-12-14-16-18-20-22-24-26-28-30-31-32-33-34-35-36-37-38-39-40-41-42-43-44-46-48-50-52-54-56-58-60-62-64-66-72(76)73-70(69-80-81(77,78)79-68-67-74(3,4)5)71(75)65-63-61-59-57-55-53-51-49-47-45-29-27-25-23-21-19-17-15-13-11-9-7-2/h8,10,14,16,20,22,26,28,31-32,34-35,37-38,40-41,43-44,48,50,54-57,63,65,70-71,75H,6-7,9,11-13,15,17-19,21,23-25,27,29-30,33,36,39,42,45-47,49,51-53,58-62,64,66-69H2,1-5H3,(H-,73,76,77,78)/b10-8-,16-14-,22-20-,28-26-,32-31-,35-34-,38-37-,41-40-,44-43-,50-48-,56-54-,57-55+,65-63+. The maximum absolute atomic E-state index is 13.0. The van der Waals surface area contributed by atoms with Crippen molar-refractivity contribution in [3.05, 3.63) is 158 Å². The third-order valence-corrected chi connectivity index (χ3v) is 14.4. The van der Waals surface area contributed by atoms with Gasteiger partial charge in [-0.15, -0.1) is 0 Å². The summed E-state index contributed by atoms with van der Waals surface area (Å²) in [6, 6.07) is -0.935. The molecule has 0 saturated carbocycles. The molecule has 0 radical (unpaired) electrons. The molecule has 2 N–H and O–H groups in total. The molecule has 0 heterocycles. The normalized spacial score (nSPS) is 14.8. The summed E-state index contributed by atoms with van der Waals surface area (Å²) in [5, 5.41) is 13.9. The number of nitrogens with zero attached hydrogens (tertiary/aromatic N) is 1. The van der Waals surface area contributed by atoms with Gasteiger partial charge in [-0.25, -0.2) is 0 Å². The van der Waals surface area contributed by atoms with Gasteiger partial charge >= 0.3 is 0 Å². The number of aliphatic hydroxyl groups excluding tert-OH is 1. The SMILES string of the molecule is CC/C=C\C/C=C\C/C=C\C/C=C\C/C=C\C/C=C\C/C=C\C/C=C\C/C=C\C/C=C\C/C=C\CCCCCC(=O)NC(COP(=O)([O-])OCC[N+](C)(C)C)C(O)/C=C/CC/C=C/CCCCCCCCCCCCCCCCCC.